The van der Waals surface area contributed by atoms with E-state index in [4.69, 9.17) is 4.74 Å². The second-order valence-electron chi connectivity index (χ2n) is 6.05. The zero-order valence-electron chi connectivity index (χ0n) is 13.9. The maximum absolute atomic E-state index is 13.3. The Morgan fingerprint density at radius 2 is 1.96 bits per heavy atom. The van der Waals surface area contributed by atoms with Crippen LogP contribution in [0.15, 0.2) is 18.2 Å². The molecule has 1 aliphatic heterocycles. The van der Waals surface area contributed by atoms with E-state index in [1.807, 2.05) is 6.92 Å². The third kappa shape index (κ3) is 4.43. The maximum Gasteiger partial charge on any atom is 0.317 e. The molecule has 0 bridgehead atoms. The lowest BCUT2D eigenvalue weighted by atomic mass is 9.97. The molecule has 1 aliphatic rings. The first-order chi connectivity index (χ1) is 11.4. The molecule has 2 rings (SSSR count). The van der Waals surface area contributed by atoms with Crippen LogP contribution in [0.5, 0.6) is 0 Å². The predicted molar refractivity (Wildman–Crippen MR) is 84.5 cm³/mol. The van der Waals surface area contributed by atoms with E-state index in [1.54, 1.807) is 4.90 Å². The number of carbonyl (C=O) groups excluding carboxylic acids is 2. The number of halogens is 2. The van der Waals surface area contributed by atoms with Gasteiger partial charge in [0.2, 0.25) is 0 Å². The largest absolute Gasteiger partial charge is 0.469 e. The number of benzene rings is 1. The molecule has 0 aromatic heterocycles. The highest BCUT2D eigenvalue weighted by Gasteiger charge is 2.27. The molecule has 0 spiro atoms. The Hall–Kier alpha value is -2.18. The van der Waals surface area contributed by atoms with Crippen molar-refractivity contribution in [2.75, 3.05) is 26.7 Å². The van der Waals surface area contributed by atoms with Gasteiger partial charge in [0.1, 0.15) is 0 Å². The average molecular weight is 340 g/mol. The number of amides is 2. The number of ether oxygens (including phenoxy) is 1. The van der Waals surface area contributed by atoms with Crippen LogP contribution in [0.2, 0.25) is 0 Å². The lowest BCUT2D eigenvalue weighted by Gasteiger charge is -2.31. The monoisotopic (exact) mass is 340 g/mol. The standard InChI is InChI=1S/C17H22F2N2O3/c1-11(13-3-4-14(18)15(19)9-13)10-20-17(23)21-7-5-12(6-8-21)16(22)24-2/h3-4,9,11-12H,5-8,10H2,1-2H3,(H,20,23)/t11-/m0/s1. The van der Waals surface area contributed by atoms with Crippen molar-refractivity contribution in [3.63, 3.8) is 0 Å². The van der Waals surface area contributed by atoms with E-state index in [0.717, 1.165) is 12.1 Å². The third-order valence-electron chi connectivity index (χ3n) is 4.39. The molecule has 132 valence electrons. The number of esters is 1. The fourth-order valence-electron chi connectivity index (χ4n) is 2.77. The molecule has 0 radical (unpaired) electrons. The van der Waals surface area contributed by atoms with Crippen molar-refractivity contribution in [3.8, 4) is 0 Å². The van der Waals surface area contributed by atoms with Crippen LogP contribution in [0.1, 0.15) is 31.2 Å². The summed E-state index contributed by atoms with van der Waals surface area (Å²) in [5.74, 6) is -2.31. The van der Waals surface area contributed by atoms with Gasteiger partial charge in [0, 0.05) is 19.6 Å². The van der Waals surface area contributed by atoms with Gasteiger partial charge in [-0.15, -0.1) is 0 Å². The van der Waals surface area contributed by atoms with Crippen molar-refractivity contribution >= 4 is 12.0 Å². The Morgan fingerprint density at radius 1 is 1.29 bits per heavy atom. The number of urea groups is 1. The number of hydrogen-bond donors (Lipinski definition) is 1. The molecular weight excluding hydrogens is 318 g/mol. The second-order valence-corrected chi connectivity index (χ2v) is 6.05. The zero-order valence-corrected chi connectivity index (χ0v) is 13.9. The highest BCUT2D eigenvalue weighted by Crippen LogP contribution is 2.20. The number of piperidine rings is 1. The first-order valence-electron chi connectivity index (χ1n) is 7.98. The summed E-state index contributed by atoms with van der Waals surface area (Å²) in [5.41, 5.74) is 0.624. The second kappa shape index (κ2) is 8.08. The summed E-state index contributed by atoms with van der Waals surface area (Å²) in [6.07, 6.45) is 1.16. The van der Waals surface area contributed by atoms with Crippen LogP contribution in [0.3, 0.4) is 0 Å². The summed E-state index contributed by atoms with van der Waals surface area (Å²) in [6.45, 7) is 3.13. The lowest BCUT2D eigenvalue weighted by Crippen LogP contribution is -2.46. The third-order valence-corrected chi connectivity index (χ3v) is 4.39. The summed E-state index contributed by atoms with van der Waals surface area (Å²) in [7, 11) is 1.36. The summed E-state index contributed by atoms with van der Waals surface area (Å²) in [6, 6.07) is 3.53. The highest BCUT2D eigenvalue weighted by atomic mass is 19.2. The summed E-state index contributed by atoms with van der Waals surface area (Å²) >= 11 is 0. The van der Waals surface area contributed by atoms with Crippen LogP contribution in [0.4, 0.5) is 13.6 Å². The Balaban J connectivity index is 1.81. The first kappa shape index (κ1) is 18.2. The van der Waals surface area contributed by atoms with Gasteiger partial charge in [-0.3, -0.25) is 4.79 Å². The van der Waals surface area contributed by atoms with E-state index in [0.29, 0.717) is 38.0 Å². The molecule has 1 heterocycles. The van der Waals surface area contributed by atoms with Crippen molar-refractivity contribution in [3.05, 3.63) is 35.4 Å². The van der Waals surface area contributed by atoms with E-state index < -0.39 is 11.6 Å². The molecule has 1 N–H and O–H groups in total. The minimum Gasteiger partial charge on any atom is -0.469 e. The Kier molecular flexibility index (Phi) is 6.11. The van der Waals surface area contributed by atoms with Crippen LogP contribution in [-0.4, -0.2) is 43.6 Å². The van der Waals surface area contributed by atoms with Gasteiger partial charge in [0.25, 0.3) is 0 Å². The number of methoxy groups -OCH3 is 1. The van der Waals surface area contributed by atoms with Crippen molar-refractivity contribution in [1.29, 1.82) is 0 Å². The smallest absolute Gasteiger partial charge is 0.317 e. The van der Waals surface area contributed by atoms with Crippen molar-refractivity contribution in [2.24, 2.45) is 5.92 Å². The molecule has 2 amide bonds. The van der Waals surface area contributed by atoms with Gasteiger partial charge >= 0.3 is 12.0 Å². The van der Waals surface area contributed by atoms with E-state index in [1.165, 1.54) is 13.2 Å². The van der Waals surface area contributed by atoms with E-state index in [9.17, 15) is 18.4 Å². The first-order valence-corrected chi connectivity index (χ1v) is 7.98. The molecule has 1 atom stereocenters. The fourth-order valence-corrected chi connectivity index (χ4v) is 2.77. The van der Waals surface area contributed by atoms with Gasteiger partial charge in [0.05, 0.1) is 13.0 Å². The normalized spacial score (nSPS) is 16.6. The fraction of sp³-hybridized carbons (Fsp3) is 0.529. The molecule has 0 unspecified atom stereocenters. The average Bonchev–Trinajstić information content (AvgIpc) is 2.61. The van der Waals surface area contributed by atoms with Crippen LogP contribution in [0.25, 0.3) is 0 Å². The number of nitrogens with zero attached hydrogens (tertiary/aromatic N) is 1. The Morgan fingerprint density at radius 3 is 2.54 bits per heavy atom. The molecule has 7 heteroatoms. The van der Waals surface area contributed by atoms with E-state index in [2.05, 4.69) is 5.32 Å². The van der Waals surface area contributed by atoms with Gasteiger partial charge in [0.15, 0.2) is 11.6 Å². The number of nitrogens with one attached hydrogen (secondary N) is 1. The molecule has 1 aromatic rings. The summed E-state index contributed by atoms with van der Waals surface area (Å²) < 4.78 is 30.9. The maximum atomic E-state index is 13.3. The van der Waals surface area contributed by atoms with Gasteiger partial charge in [-0.2, -0.15) is 0 Å². The number of likely N-dealkylation sites (tertiary alicyclic amines) is 1. The van der Waals surface area contributed by atoms with Crippen LogP contribution < -0.4 is 5.32 Å². The minimum atomic E-state index is -0.893. The van der Waals surface area contributed by atoms with Crippen molar-refractivity contribution in [2.45, 2.75) is 25.7 Å². The number of hydrogen-bond acceptors (Lipinski definition) is 3. The van der Waals surface area contributed by atoms with Crippen LogP contribution in [-0.2, 0) is 9.53 Å². The SMILES string of the molecule is COC(=O)C1CCN(C(=O)NC[C@H](C)c2ccc(F)c(F)c2)CC1. The molecule has 1 aromatic carbocycles. The molecule has 0 saturated carbocycles. The molecule has 1 fully saturated rings. The van der Waals surface area contributed by atoms with Gasteiger partial charge in [-0.1, -0.05) is 13.0 Å². The number of carbonyl (C=O) groups is 2. The topological polar surface area (TPSA) is 58.6 Å². The van der Waals surface area contributed by atoms with Gasteiger partial charge in [-0.05, 0) is 36.5 Å². The lowest BCUT2D eigenvalue weighted by molar-refractivity contribution is -0.146. The Bertz CT molecular complexity index is 601. The van der Waals surface area contributed by atoms with Crippen LogP contribution >= 0.6 is 0 Å². The van der Waals surface area contributed by atoms with Crippen molar-refractivity contribution in [1.82, 2.24) is 10.2 Å². The van der Waals surface area contributed by atoms with Crippen molar-refractivity contribution < 1.29 is 23.1 Å². The number of rotatable bonds is 4. The zero-order chi connectivity index (χ0) is 17.7. The molecule has 24 heavy (non-hydrogen) atoms. The van der Waals surface area contributed by atoms with E-state index >= 15 is 0 Å². The van der Waals surface area contributed by atoms with Gasteiger partial charge < -0.3 is 15.0 Å². The van der Waals surface area contributed by atoms with Crippen LogP contribution in [0, 0.1) is 17.6 Å². The Labute approximate surface area is 140 Å². The molecule has 0 aliphatic carbocycles. The molecule has 1 saturated heterocycles. The highest BCUT2D eigenvalue weighted by molar-refractivity contribution is 5.76. The minimum absolute atomic E-state index is 0.142. The summed E-state index contributed by atoms with van der Waals surface area (Å²) in [4.78, 5) is 25.3. The quantitative estimate of drug-likeness (QED) is 0.858. The van der Waals surface area contributed by atoms with Gasteiger partial charge in [-0.25, -0.2) is 13.6 Å². The van der Waals surface area contributed by atoms with E-state index in [-0.39, 0.29) is 23.8 Å². The summed E-state index contributed by atoms with van der Waals surface area (Å²) in [5, 5.41) is 2.80. The molecule has 5 nitrogen and oxygen atoms in total. The predicted octanol–water partition coefficient (Wildman–Crippen LogP) is 2.66. The molecular formula is C17H22F2N2O3.